The topological polar surface area (TPSA) is 40.5 Å². The molecule has 3 aliphatic rings. The molecule has 1 fully saturated rings. The average Bonchev–Trinajstić information content (AvgIpc) is 2.51. The number of phenols is 1. The van der Waals surface area contributed by atoms with Crippen molar-refractivity contribution in [1.82, 2.24) is 0 Å². The maximum atomic E-state index is 10.6. The van der Waals surface area contributed by atoms with Gasteiger partial charge in [-0.05, 0) is 73.1 Å². The molecule has 1 aromatic carbocycles. The Morgan fingerprint density at radius 1 is 1.27 bits per heavy atom. The van der Waals surface area contributed by atoms with E-state index in [1.165, 1.54) is 11.1 Å². The maximum absolute atomic E-state index is 10.6. The van der Waals surface area contributed by atoms with E-state index < -0.39 is 6.10 Å². The Morgan fingerprint density at radius 3 is 2.91 bits per heavy atom. The summed E-state index contributed by atoms with van der Waals surface area (Å²) in [6.07, 6.45) is 6.83. The maximum Gasteiger partial charge on any atom is 0.115 e. The number of aliphatic hydroxyl groups is 1. The van der Waals surface area contributed by atoms with Gasteiger partial charge in [-0.1, -0.05) is 30.7 Å². The van der Waals surface area contributed by atoms with Crippen molar-refractivity contribution >= 4 is 11.6 Å². The van der Waals surface area contributed by atoms with E-state index in [1.54, 1.807) is 0 Å². The number of hydrogen-bond acceptors (Lipinski definition) is 2. The summed E-state index contributed by atoms with van der Waals surface area (Å²) < 4.78 is 0. The second-order valence-corrected chi connectivity index (χ2v) is 8.01. The molecule has 0 aromatic heterocycles. The number of hydrogen-bond donors (Lipinski definition) is 2. The van der Waals surface area contributed by atoms with Crippen molar-refractivity contribution in [3.63, 3.8) is 0 Å². The van der Waals surface area contributed by atoms with Crippen LogP contribution in [-0.2, 0) is 6.42 Å². The van der Waals surface area contributed by atoms with Crippen molar-refractivity contribution in [2.45, 2.75) is 51.0 Å². The van der Waals surface area contributed by atoms with Crippen molar-refractivity contribution < 1.29 is 10.2 Å². The molecular formula is C19H23ClO2. The molecule has 1 saturated carbocycles. The van der Waals surface area contributed by atoms with Crippen LogP contribution in [0.4, 0.5) is 0 Å². The Labute approximate surface area is 136 Å². The van der Waals surface area contributed by atoms with Gasteiger partial charge in [-0.25, -0.2) is 0 Å². The molecule has 4 rings (SSSR count). The molecule has 22 heavy (non-hydrogen) atoms. The Morgan fingerprint density at radius 2 is 2.09 bits per heavy atom. The number of phenolic OH excluding ortho intramolecular Hbond substituents is 1. The molecule has 0 spiro atoms. The Bertz CT molecular complexity index is 638. The van der Waals surface area contributed by atoms with Crippen LogP contribution >= 0.6 is 11.6 Å². The molecular weight excluding hydrogens is 296 g/mol. The minimum Gasteiger partial charge on any atom is -0.508 e. The van der Waals surface area contributed by atoms with Gasteiger partial charge in [0.05, 0.1) is 6.10 Å². The minimum absolute atomic E-state index is 0.0819. The van der Waals surface area contributed by atoms with Gasteiger partial charge in [0.15, 0.2) is 0 Å². The first-order chi connectivity index (χ1) is 10.5. The molecule has 0 saturated heterocycles. The van der Waals surface area contributed by atoms with E-state index in [0.717, 1.165) is 32.1 Å². The minimum atomic E-state index is -0.505. The molecule has 3 heteroatoms. The first-order valence-electron chi connectivity index (χ1n) is 8.36. The van der Waals surface area contributed by atoms with E-state index in [0.29, 0.717) is 28.5 Å². The zero-order chi connectivity index (χ0) is 15.5. The highest BCUT2D eigenvalue weighted by atomic mass is 35.5. The van der Waals surface area contributed by atoms with Gasteiger partial charge in [0, 0.05) is 10.4 Å². The number of aromatic hydroxyl groups is 1. The summed E-state index contributed by atoms with van der Waals surface area (Å²) in [5.74, 6) is 2.07. The van der Waals surface area contributed by atoms with E-state index in [4.69, 9.17) is 11.6 Å². The first-order valence-corrected chi connectivity index (χ1v) is 8.74. The van der Waals surface area contributed by atoms with E-state index in [-0.39, 0.29) is 5.41 Å². The SMILES string of the molecule is C[C@]12CC[C@@H]3c4ccc(O)cc4CC[C@H]3[C@@H]1CC=C(Cl)[C@H]2O. The Kier molecular flexibility index (Phi) is 3.32. The monoisotopic (exact) mass is 318 g/mol. The van der Waals surface area contributed by atoms with Crippen molar-refractivity contribution in [2.75, 3.05) is 0 Å². The predicted molar refractivity (Wildman–Crippen MR) is 88.0 cm³/mol. The summed E-state index contributed by atoms with van der Waals surface area (Å²) in [6.45, 7) is 2.22. The zero-order valence-electron chi connectivity index (χ0n) is 12.9. The fourth-order valence-corrected chi connectivity index (χ4v) is 5.70. The molecule has 0 unspecified atom stereocenters. The molecule has 2 N–H and O–H groups in total. The summed E-state index contributed by atoms with van der Waals surface area (Å²) in [5.41, 5.74) is 2.66. The van der Waals surface area contributed by atoms with Crippen LogP contribution in [0, 0.1) is 17.3 Å². The Hall–Kier alpha value is -0.990. The number of fused-ring (bicyclic) bond motifs is 5. The van der Waals surface area contributed by atoms with E-state index in [1.807, 2.05) is 18.2 Å². The fraction of sp³-hybridized carbons (Fsp3) is 0.579. The summed E-state index contributed by atoms with van der Waals surface area (Å²) in [4.78, 5) is 0. The molecule has 0 bridgehead atoms. The van der Waals surface area contributed by atoms with Crippen LogP contribution in [0.15, 0.2) is 29.3 Å². The second kappa shape index (κ2) is 5.01. The molecule has 2 nitrogen and oxygen atoms in total. The number of benzene rings is 1. The van der Waals surface area contributed by atoms with Crippen LogP contribution in [0.5, 0.6) is 5.75 Å². The van der Waals surface area contributed by atoms with E-state index in [2.05, 4.69) is 13.0 Å². The highest BCUT2D eigenvalue weighted by molar-refractivity contribution is 6.30. The highest BCUT2D eigenvalue weighted by Crippen LogP contribution is 2.59. The molecule has 0 radical (unpaired) electrons. The highest BCUT2D eigenvalue weighted by Gasteiger charge is 2.53. The van der Waals surface area contributed by atoms with Crippen LogP contribution < -0.4 is 0 Å². The second-order valence-electron chi connectivity index (χ2n) is 7.57. The summed E-state index contributed by atoms with van der Waals surface area (Å²) >= 11 is 6.23. The number of aryl methyl sites for hydroxylation is 1. The number of allylic oxidation sites excluding steroid dienone is 1. The molecule has 5 atom stereocenters. The third-order valence-electron chi connectivity index (χ3n) is 6.60. The standard InChI is InChI=1S/C19H23ClO2/c1-19-9-8-14-13-5-3-12(21)10-11(13)2-4-15(14)16(19)6-7-17(20)18(19)22/h3,5,7,10,14-16,18,21-22H,2,4,6,8-9H2,1H3/t14-,15-,16+,18-,19+/m1/s1. The lowest BCUT2D eigenvalue weighted by molar-refractivity contribution is -0.0549. The lowest BCUT2D eigenvalue weighted by Gasteiger charge is -2.55. The number of aliphatic hydroxyl groups excluding tert-OH is 1. The molecule has 118 valence electrons. The van der Waals surface area contributed by atoms with Gasteiger partial charge >= 0.3 is 0 Å². The average molecular weight is 319 g/mol. The first kappa shape index (κ1) is 14.6. The zero-order valence-corrected chi connectivity index (χ0v) is 13.7. The summed E-state index contributed by atoms with van der Waals surface area (Å²) in [5, 5.41) is 21.0. The third-order valence-corrected chi connectivity index (χ3v) is 6.96. The van der Waals surface area contributed by atoms with E-state index >= 15 is 0 Å². The van der Waals surface area contributed by atoms with Gasteiger partial charge in [-0.15, -0.1) is 0 Å². The summed E-state index contributed by atoms with van der Waals surface area (Å²) in [6, 6.07) is 5.87. The Balaban J connectivity index is 1.72. The van der Waals surface area contributed by atoms with Crippen molar-refractivity contribution in [3.05, 3.63) is 40.4 Å². The van der Waals surface area contributed by atoms with Crippen LogP contribution in [0.2, 0.25) is 0 Å². The van der Waals surface area contributed by atoms with Gasteiger partial charge in [-0.3, -0.25) is 0 Å². The van der Waals surface area contributed by atoms with Crippen molar-refractivity contribution in [3.8, 4) is 5.75 Å². The van der Waals surface area contributed by atoms with Crippen LogP contribution in [0.3, 0.4) is 0 Å². The normalized spacial score (nSPS) is 40.2. The fourth-order valence-electron chi connectivity index (χ4n) is 5.37. The summed E-state index contributed by atoms with van der Waals surface area (Å²) in [7, 11) is 0. The molecule has 0 amide bonds. The van der Waals surface area contributed by atoms with Gasteiger partial charge in [0.2, 0.25) is 0 Å². The van der Waals surface area contributed by atoms with Gasteiger partial charge in [0.1, 0.15) is 5.75 Å². The van der Waals surface area contributed by atoms with Crippen LogP contribution in [0.25, 0.3) is 0 Å². The van der Waals surface area contributed by atoms with Gasteiger partial charge < -0.3 is 10.2 Å². The lowest BCUT2D eigenvalue weighted by atomic mass is 9.51. The number of rotatable bonds is 0. The van der Waals surface area contributed by atoms with Crippen molar-refractivity contribution in [1.29, 1.82) is 0 Å². The number of halogens is 1. The van der Waals surface area contributed by atoms with E-state index in [9.17, 15) is 10.2 Å². The van der Waals surface area contributed by atoms with Crippen LogP contribution in [-0.4, -0.2) is 16.3 Å². The quantitative estimate of drug-likeness (QED) is 0.747. The lowest BCUT2D eigenvalue weighted by Crippen LogP contribution is -2.50. The smallest absolute Gasteiger partial charge is 0.115 e. The molecule has 1 aromatic rings. The molecule has 0 heterocycles. The van der Waals surface area contributed by atoms with Crippen molar-refractivity contribution in [2.24, 2.45) is 17.3 Å². The molecule has 0 aliphatic heterocycles. The largest absolute Gasteiger partial charge is 0.508 e. The van der Waals surface area contributed by atoms with Crippen LogP contribution in [0.1, 0.15) is 49.7 Å². The predicted octanol–water partition coefficient (Wildman–Crippen LogP) is 4.34. The third kappa shape index (κ3) is 1.97. The van der Waals surface area contributed by atoms with Gasteiger partial charge in [0.25, 0.3) is 0 Å². The van der Waals surface area contributed by atoms with Gasteiger partial charge in [-0.2, -0.15) is 0 Å². The molecule has 3 aliphatic carbocycles.